The Hall–Kier alpha value is -4.26. The number of halogens is 1. The van der Waals surface area contributed by atoms with Crippen LogP contribution in [0.4, 0.5) is 5.69 Å². The van der Waals surface area contributed by atoms with Gasteiger partial charge in [0, 0.05) is 36.4 Å². The molecule has 1 aromatic heterocycles. The van der Waals surface area contributed by atoms with Crippen LogP contribution in [0.2, 0.25) is 5.02 Å². The molecular weight excluding hydrogens is 582 g/mol. The highest BCUT2D eigenvalue weighted by Gasteiger charge is 2.29. The van der Waals surface area contributed by atoms with Crippen molar-refractivity contribution < 1.29 is 13.2 Å². The van der Waals surface area contributed by atoms with Crippen LogP contribution in [0.5, 0.6) is 0 Å². The van der Waals surface area contributed by atoms with Crippen LogP contribution in [0, 0.1) is 0 Å². The third-order valence-corrected chi connectivity index (χ3v) is 8.20. The fourth-order valence-electron chi connectivity index (χ4n) is 3.84. The summed E-state index contributed by atoms with van der Waals surface area (Å²) in [6.45, 7) is 0. The highest BCUT2D eigenvalue weighted by Crippen LogP contribution is 2.28. The van der Waals surface area contributed by atoms with E-state index in [0.29, 0.717) is 32.8 Å². The smallest absolute Gasteiger partial charge is 0.283 e. The van der Waals surface area contributed by atoms with Gasteiger partial charge >= 0.3 is 0 Å². The van der Waals surface area contributed by atoms with Gasteiger partial charge in [0.2, 0.25) is 5.91 Å². The van der Waals surface area contributed by atoms with E-state index in [-0.39, 0.29) is 16.6 Å². The molecule has 0 spiro atoms. The van der Waals surface area contributed by atoms with Crippen molar-refractivity contribution in [1.82, 2.24) is 14.7 Å². The van der Waals surface area contributed by atoms with Gasteiger partial charge in [-0.3, -0.25) is 9.69 Å². The molecule has 4 aromatic rings. The molecule has 0 bridgehead atoms. The lowest BCUT2D eigenvalue weighted by Crippen LogP contribution is -2.28. The zero-order valence-corrected chi connectivity index (χ0v) is 24.4. The van der Waals surface area contributed by atoms with Gasteiger partial charge in [-0.25, -0.2) is 4.68 Å². The Balaban J connectivity index is 1.46. The minimum Gasteiger partial charge on any atom is -0.368 e. The van der Waals surface area contributed by atoms with E-state index in [1.165, 1.54) is 35.1 Å². The molecule has 0 aliphatic carbocycles. The molecule has 10 nitrogen and oxygen atoms in total. The molecule has 5 rings (SSSR count). The summed E-state index contributed by atoms with van der Waals surface area (Å²) in [7, 11) is -0.439. The normalized spacial score (nSPS) is 15.0. The van der Waals surface area contributed by atoms with Crippen LogP contribution in [0.25, 0.3) is 16.9 Å². The van der Waals surface area contributed by atoms with Gasteiger partial charge in [0.05, 0.1) is 28.2 Å². The fraction of sp³-hybridized carbons (Fsp3) is 0.107. The summed E-state index contributed by atoms with van der Waals surface area (Å²) < 4.78 is 30.3. The van der Waals surface area contributed by atoms with Gasteiger partial charge in [0.1, 0.15) is 12.0 Å². The number of carbonyl (C=O) groups excluding carboxylic acids is 1. The first-order chi connectivity index (χ1) is 19.7. The van der Waals surface area contributed by atoms with Crippen molar-refractivity contribution in [3.63, 3.8) is 0 Å². The van der Waals surface area contributed by atoms with E-state index in [4.69, 9.17) is 16.7 Å². The molecule has 0 saturated carbocycles. The van der Waals surface area contributed by atoms with E-state index >= 15 is 0 Å². The molecule has 2 heterocycles. The minimum absolute atomic E-state index is 0.0706. The Morgan fingerprint density at radius 3 is 2.34 bits per heavy atom. The highest BCUT2D eigenvalue weighted by molar-refractivity contribution is 8.15. The second kappa shape index (κ2) is 12.1. The Labute approximate surface area is 246 Å². The van der Waals surface area contributed by atoms with Crippen LogP contribution in [0.1, 0.15) is 5.56 Å². The average Bonchev–Trinajstić information content (AvgIpc) is 3.57. The van der Waals surface area contributed by atoms with Gasteiger partial charge in [-0.2, -0.15) is 18.6 Å². The maximum atomic E-state index is 12.5. The van der Waals surface area contributed by atoms with Crippen LogP contribution in [-0.4, -0.2) is 66.6 Å². The van der Waals surface area contributed by atoms with Crippen molar-refractivity contribution >= 4 is 62.7 Å². The highest BCUT2D eigenvalue weighted by atomic mass is 35.5. The standard InChI is InChI=1S/C28H24ClN7O3S2/c1-34(2)19-31-41(38,39)25-14-12-23(13-15-25)35-17-21(27(33-35)20-6-4-3-5-7-20)16-30-32-28-36(26(37)18-40-28)24-10-8-22(29)9-11-24/h3-17,19H,18H2,1-2H3/b30-16-,31-19?,32-28-. The molecule has 3 aromatic carbocycles. The van der Waals surface area contributed by atoms with E-state index < -0.39 is 10.0 Å². The van der Waals surface area contributed by atoms with Crippen LogP contribution in [0.3, 0.4) is 0 Å². The summed E-state index contributed by atoms with van der Waals surface area (Å²) in [6, 6.07) is 22.8. The summed E-state index contributed by atoms with van der Waals surface area (Å²) in [6.07, 6.45) is 4.60. The van der Waals surface area contributed by atoms with E-state index in [2.05, 4.69) is 14.6 Å². The molecule has 41 heavy (non-hydrogen) atoms. The number of anilines is 1. The number of nitrogens with zero attached hydrogens (tertiary/aromatic N) is 7. The second-order valence-electron chi connectivity index (χ2n) is 9.02. The fourth-order valence-corrected chi connectivity index (χ4v) is 5.71. The van der Waals surface area contributed by atoms with E-state index in [0.717, 1.165) is 5.56 Å². The lowest BCUT2D eigenvalue weighted by Gasteiger charge is -2.14. The molecule has 0 N–H and O–H groups in total. The number of amidine groups is 1. The number of hydrogen-bond acceptors (Lipinski definition) is 7. The van der Waals surface area contributed by atoms with Crippen molar-refractivity contribution in [2.75, 3.05) is 24.7 Å². The minimum atomic E-state index is -3.83. The zero-order chi connectivity index (χ0) is 29.0. The number of aromatic nitrogens is 2. The van der Waals surface area contributed by atoms with Crippen LogP contribution < -0.4 is 4.90 Å². The molecule has 1 amide bonds. The van der Waals surface area contributed by atoms with Crippen molar-refractivity contribution in [3.8, 4) is 16.9 Å². The number of carbonyl (C=O) groups is 1. The van der Waals surface area contributed by atoms with Crippen LogP contribution in [-0.2, 0) is 14.8 Å². The van der Waals surface area contributed by atoms with Crippen molar-refractivity contribution in [1.29, 1.82) is 0 Å². The molecule has 13 heteroatoms. The molecule has 208 valence electrons. The summed E-state index contributed by atoms with van der Waals surface area (Å²) in [5, 5.41) is 14.4. The first-order valence-corrected chi connectivity index (χ1v) is 15.1. The molecular formula is C28H24ClN7O3S2. The quantitative estimate of drug-likeness (QED) is 0.160. The third kappa shape index (κ3) is 6.56. The van der Waals surface area contributed by atoms with Crippen molar-refractivity contribution in [2.45, 2.75) is 4.90 Å². The summed E-state index contributed by atoms with van der Waals surface area (Å²) >= 11 is 7.30. The number of rotatable bonds is 8. The van der Waals surface area contributed by atoms with Crippen molar-refractivity contribution in [3.05, 3.63) is 95.6 Å². The maximum absolute atomic E-state index is 12.5. The lowest BCUT2D eigenvalue weighted by molar-refractivity contribution is -0.115. The largest absolute Gasteiger partial charge is 0.368 e. The zero-order valence-electron chi connectivity index (χ0n) is 22.0. The Morgan fingerprint density at radius 1 is 0.976 bits per heavy atom. The predicted molar refractivity (Wildman–Crippen MR) is 165 cm³/mol. The van der Waals surface area contributed by atoms with Crippen molar-refractivity contribution in [2.24, 2.45) is 14.6 Å². The number of hydrogen-bond donors (Lipinski definition) is 0. The number of sulfonamides is 1. The second-order valence-corrected chi connectivity index (χ2v) is 12.0. The van der Waals surface area contributed by atoms with E-state index in [9.17, 15) is 13.2 Å². The van der Waals surface area contributed by atoms with Gasteiger partial charge < -0.3 is 4.90 Å². The Bertz CT molecular complexity index is 1750. The topological polar surface area (TPSA) is 113 Å². The van der Waals surface area contributed by atoms with Gasteiger partial charge in [0.25, 0.3) is 10.0 Å². The number of benzene rings is 3. The maximum Gasteiger partial charge on any atom is 0.283 e. The Kier molecular flexibility index (Phi) is 8.34. The summed E-state index contributed by atoms with van der Waals surface area (Å²) in [5.74, 6) is 0.165. The van der Waals surface area contributed by atoms with Crippen LogP contribution >= 0.6 is 23.4 Å². The third-order valence-electron chi connectivity index (χ3n) is 5.80. The molecule has 0 unspecified atom stereocenters. The molecule has 1 aliphatic heterocycles. The molecule has 1 fully saturated rings. The van der Waals surface area contributed by atoms with Gasteiger partial charge in [-0.15, -0.1) is 9.50 Å². The lowest BCUT2D eigenvalue weighted by atomic mass is 10.1. The molecule has 0 radical (unpaired) electrons. The first kappa shape index (κ1) is 28.3. The summed E-state index contributed by atoms with van der Waals surface area (Å²) in [4.78, 5) is 15.7. The average molecular weight is 606 g/mol. The van der Waals surface area contributed by atoms with E-state index in [1.54, 1.807) is 72.5 Å². The van der Waals surface area contributed by atoms with Gasteiger partial charge in [0.15, 0.2) is 5.17 Å². The SMILES string of the molecule is CN(C)C=NS(=O)(=O)c1ccc(-n2cc(/C=N\N=C3/SCC(=O)N3c3ccc(Cl)cc3)c(-c3ccccc3)n2)cc1. The molecule has 0 atom stereocenters. The molecule has 1 saturated heterocycles. The molecule has 1 aliphatic rings. The Morgan fingerprint density at radius 2 is 1.66 bits per heavy atom. The van der Waals surface area contributed by atoms with Gasteiger partial charge in [-0.05, 0) is 48.5 Å². The first-order valence-electron chi connectivity index (χ1n) is 12.3. The van der Waals surface area contributed by atoms with Crippen LogP contribution in [0.15, 0.2) is 105 Å². The van der Waals surface area contributed by atoms with E-state index in [1.807, 2.05) is 30.3 Å². The van der Waals surface area contributed by atoms with Gasteiger partial charge in [-0.1, -0.05) is 53.7 Å². The number of amides is 1. The number of thioether (sulfide) groups is 1. The monoisotopic (exact) mass is 605 g/mol. The summed E-state index contributed by atoms with van der Waals surface area (Å²) in [5.41, 5.74) is 3.51. The predicted octanol–water partition coefficient (Wildman–Crippen LogP) is 4.94.